The van der Waals surface area contributed by atoms with Crippen molar-refractivity contribution in [2.45, 2.75) is 50.4 Å². The zero-order valence-electron chi connectivity index (χ0n) is 13.6. The highest BCUT2D eigenvalue weighted by molar-refractivity contribution is 7.12. The topological polar surface area (TPSA) is 79.9 Å². The summed E-state index contributed by atoms with van der Waals surface area (Å²) >= 11 is 1.42. The van der Waals surface area contributed by atoms with Crippen LogP contribution in [0.25, 0.3) is 0 Å². The van der Waals surface area contributed by atoms with Gasteiger partial charge in [-0.3, -0.25) is 9.89 Å². The number of hydrogen-bond donors (Lipinski definition) is 2. The predicted molar refractivity (Wildman–Crippen MR) is 92.7 cm³/mol. The van der Waals surface area contributed by atoms with Gasteiger partial charge in [0.05, 0.1) is 11.2 Å². The Morgan fingerprint density at radius 2 is 2.00 bits per heavy atom. The van der Waals surface area contributed by atoms with E-state index in [1.165, 1.54) is 24.2 Å². The molecule has 1 amide bonds. The van der Waals surface area contributed by atoms with Gasteiger partial charge < -0.3 is 10.1 Å². The molecule has 1 saturated carbocycles. The van der Waals surface area contributed by atoms with Gasteiger partial charge in [0, 0.05) is 36.8 Å². The predicted octanol–water partition coefficient (Wildman–Crippen LogP) is 3.67. The molecule has 128 valence electrons. The molecule has 4 rings (SSSR count). The fraction of sp³-hybridized carbons (Fsp3) is 0.588. The number of aromatic amines is 1. The molecular weight excluding hydrogens is 324 g/mol. The van der Waals surface area contributed by atoms with Crippen molar-refractivity contribution in [3.8, 4) is 0 Å². The number of aromatic nitrogens is 3. The lowest BCUT2D eigenvalue weighted by Gasteiger charge is -2.20. The van der Waals surface area contributed by atoms with Crippen LogP contribution in [0.1, 0.15) is 71.4 Å². The number of hydrogen-bond acceptors (Lipinski definition) is 5. The number of anilines is 1. The van der Waals surface area contributed by atoms with Crippen molar-refractivity contribution in [1.82, 2.24) is 15.2 Å². The zero-order valence-corrected chi connectivity index (χ0v) is 14.4. The van der Waals surface area contributed by atoms with Crippen LogP contribution in [-0.2, 0) is 4.74 Å². The van der Waals surface area contributed by atoms with Gasteiger partial charge in [0.25, 0.3) is 5.91 Å². The Bertz CT molecular complexity index is 699. The fourth-order valence-corrected chi connectivity index (χ4v) is 4.48. The van der Waals surface area contributed by atoms with Crippen LogP contribution < -0.4 is 5.32 Å². The van der Waals surface area contributed by atoms with Crippen LogP contribution in [0.5, 0.6) is 0 Å². The Balaban J connectivity index is 1.45. The van der Waals surface area contributed by atoms with E-state index in [9.17, 15) is 4.79 Å². The lowest BCUT2D eigenvalue weighted by atomic mass is 9.97. The molecule has 0 atom stereocenters. The first-order chi connectivity index (χ1) is 11.8. The lowest BCUT2D eigenvalue weighted by molar-refractivity contribution is 0.0845. The van der Waals surface area contributed by atoms with Gasteiger partial charge in [-0.1, -0.05) is 12.8 Å². The molecule has 1 aliphatic carbocycles. The summed E-state index contributed by atoms with van der Waals surface area (Å²) in [5.41, 5.74) is 3.82. The number of nitrogens with one attached hydrogen (secondary N) is 2. The number of amides is 1. The molecule has 0 aromatic carbocycles. The van der Waals surface area contributed by atoms with Crippen LogP contribution in [0.3, 0.4) is 0 Å². The molecule has 6 nitrogen and oxygen atoms in total. The highest BCUT2D eigenvalue weighted by Gasteiger charge is 2.26. The average molecular weight is 346 g/mol. The first kappa shape index (κ1) is 15.8. The Morgan fingerprint density at radius 1 is 1.21 bits per heavy atom. The van der Waals surface area contributed by atoms with Crippen LogP contribution in [-0.4, -0.2) is 34.3 Å². The molecular formula is C17H22N4O2S. The highest BCUT2D eigenvalue weighted by atomic mass is 32.1. The number of carbonyl (C=O) groups is 1. The Labute approximate surface area is 145 Å². The van der Waals surface area contributed by atoms with Crippen LogP contribution in [0.4, 0.5) is 5.82 Å². The number of H-pyrrole nitrogens is 1. The fourth-order valence-electron chi connectivity index (χ4n) is 3.71. The quantitative estimate of drug-likeness (QED) is 0.885. The van der Waals surface area contributed by atoms with Crippen LogP contribution in [0.15, 0.2) is 11.6 Å². The van der Waals surface area contributed by atoms with Gasteiger partial charge in [0.15, 0.2) is 5.82 Å². The molecule has 0 bridgehead atoms. The minimum Gasteiger partial charge on any atom is -0.381 e. The highest BCUT2D eigenvalue weighted by Crippen LogP contribution is 2.36. The number of nitrogens with zero attached hydrogens (tertiary/aromatic N) is 2. The van der Waals surface area contributed by atoms with E-state index in [1.807, 2.05) is 6.07 Å². The van der Waals surface area contributed by atoms with Gasteiger partial charge in [0.2, 0.25) is 0 Å². The number of thiazole rings is 1. The van der Waals surface area contributed by atoms with Crippen LogP contribution in [0, 0.1) is 0 Å². The number of carbonyl (C=O) groups excluding carboxylic acids is 1. The van der Waals surface area contributed by atoms with E-state index < -0.39 is 0 Å². The molecule has 2 aromatic heterocycles. The summed E-state index contributed by atoms with van der Waals surface area (Å²) in [6, 6.07) is 1.95. The summed E-state index contributed by atoms with van der Waals surface area (Å²) in [6.45, 7) is 1.58. The van der Waals surface area contributed by atoms with Crippen molar-refractivity contribution in [2.75, 3.05) is 18.5 Å². The molecule has 0 spiro atoms. The molecule has 2 aromatic rings. The SMILES string of the molecule is O=C(Nc1cc(C2CCOCC2)[nH]n1)c1scnc1C1CCCC1. The van der Waals surface area contributed by atoms with Crippen LogP contribution >= 0.6 is 11.3 Å². The van der Waals surface area contributed by atoms with Crippen molar-refractivity contribution in [2.24, 2.45) is 0 Å². The zero-order chi connectivity index (χ0) is 16.4. The van der Waals surface area contributed by atoms with Gasteiger partial charge in [-0.15, -0.1) is 11.3 Å². The molecule has 0 unspecified atom stereocenters. The molecule has 1 saturated heterocycles. The van der Waals surface area contributed by atoms with Gasteiger partial charge in [-0.05, 0) is 25.7 Å². The molecule has 2 aliphatic rings. The summed E-state index contributed by atoms with van der Waals surface area (Å²) in [6.07, 6.45) is 6.74. The third-order valence-corrected chi connectivity index (χ3v) is 5.88. The summed E-state index contributed by atoms with van der Waals surface area (Å²) in [5, 5.41) is 10.2. The lowest BCUT2D eigenvalue weighted by Crippen LogP contribution is -2.14. The van der Waals surface area contributed by atoms with Gasteiger partial charge in [0.1, 0.15) is 4.88 Å². The molecule has 1 aliphatic heterocycles. The third kappa shape index (κ3) is 3.23. The Kier molecular flexibility index (Phi) is 4.62. The first-order valence-electron chi connectivity index (χ1n) is 8.69. The smallest absolute Gasteiger partial charge is 0.268 e. The van der Waals surface area contributed by atoms with E-state index in [0.717, 1.165) is 55.2 Å². The van der Waals surface area contributed by atoms with E-state index in [0.29, 0.717) is 17.7 Å². The Morgan fingerprint density at radius 3 is 2.79 bits per heavy atom. The molecule has 24 heavy (non-hydrogen) atoms. The second-order valence-corrected chi connectivity index (χ2v) is 7.45. The van der Waals surface area contributed by atoms with Crippen molar-refractivity contribution in [3.05, 3.63) is 27.8 Å². The average Bonchev–Trinajstić information content (AvgIpc) is 3.36. The summed E-state index contributed by atoms with van der Waals surface area (Å²) in [5.74, 6) is 1.38. The molecule has 2 N–H and O–H groups in total. The normalized spacial score (nSPS) is 19.7. The summed E-state index contributed by atoms with van der Waals surface area (Å²) in [4.78, 5) is 17.8. The summed E-state index contributed by atoms with van der Waals surface area (Å²) in [7, 11) is 0. The van der Waals surface area contributed by atoms with E-state index in [1.54, 1.807) is 5.51 Å². The number of rotatable bonds is 4. The first-order valence-corrected chi connectivity index (χ1v) is 9.57. The molecule has 2 fully saturated rings. The van der Waals surface area contributed by atoms with E-state index >= 15 is 0 Å². The minimum absolute atomic E-state index is 0.0931. The second kappa shape index (κ2) is 7.03. The number of ether oxygens (including phenoxy) is 1. The monoisotopic (exact) mass is 346 g/mol. The van der Waals surface area contributed by atoms with Crippen molar-refractivity contribution < 1.29 is 9.53 Å². The van der Waals surface area contributed by atoms with E-state index in [2.05, 4.69) is 20.5 Å². The van der Waals surface area contributed by atoms with Crippen molar-refractivity contribution >= 4 is 23.1 Å². The van der Waals surface area contributed by atoms with E-state index in [4.69, 9.17) is 4.74 Å². The second-order valence-electron chi connectivity index (χ2n) is 6.60. The molecule has 7 heteroatoms. The molecule has 0 radical (unpaired) electrons. The molecule has 3 heterocycles. The van der Waals surface area contributed by atoms with Gasteiger partial charge >= 0.3 is 0 Å². The van der Waals surface area contributed by atoms with E-state index in [-0.39, 0.29) is 5.91 Å². The Hall–Kier alpha value is -1.73. The third-order valence-electron chi connectivity index (χ3n) is 5.04. The van der Waals surface area contributed by atoms with Gasteiger partial charge in [-0.25, -0.2) is 4.98 Å². The minimum atomic E-state index is -0.0931. The maximum Gasteiger partial charge on any atom is 0.268 e. The van der Waals surface area contributed by atoms with Gasteiger partial charge in [-0.2, -0.15) is 5.10 Å². The van der Waals surface area contributed by atoms with Crippen LogP contribution in [0.2, 0.25) is 0 Å². The van der Waals surface area contributed by atoms with Crippen molar-refractivity contribution in [3.63, 3.8) is 0 Å². The standard InChI is InChI=1S/C17H22N4O2S/c22-17(16-15(18-10-24-16)12-3-1-2-4-12)19-14-9-13(20-21-14)11-5-7-23-8-6-11/h9-12H,1-8H2,(H2,19,20,21,22). The summed E-state index contributed by atoms with van der Waals surface area (Å²) < 4.78 is 5.39. The van der Waals surface area contributed by atoms with Crippen molar-refractivity contribution in [1.29, 1.82) is 0 Å². The maximum absolute atomic E-state index is 12.6. The largest absolute Gasteiger partial charge is 0.381 e. The maximum atomic E-state index is 12.6.